The van der Waals surface area contributed by atoms with Crippen molar-refractivity contribution in [1.82, 2.24) is 0 Å². The van der Waals surface area contributed by atoms with E-state index >= 15 is 0 Å². The van der Waals surface area contributed by atoms with Gasteiger partial charge in [0.1, 0.15) is 0 Å². The average molecular weight is 222 g/mol. The van der Waals surface area contributed by atoms with Crippen LogP contribution in [0.3, 0.4) is 0 Å². The van der Waals surface area contributed by atoms with Crippen LogP contribution in [0.15, 0.2) is 23.1 Å². The summed E-state index contributed by atoms with van der Waals surface area (Å²) in [6, 6.07) is 6.06. The van der Waals surface area contributed by atoms with Crippen molar-refractivity contribution >= 4 is 40.3 Å². The fourth-order valence-electron chi connectivity index (χ4n) is 1.48. The molecule has 0 aliphatic rings. The van der Waals surface area contributed by atoms with Gasteiger partial charge in [-0.05, 0) is 35.6 Å². The second-order valence-corrected chi connectivity index (χ2v) is 4.74. The van der Waals surface area contributed by atoms with Gasteiger partial charge in [0.2, 0.25) is 0 Å². The lowest BCUT2D eigenvalue weighted by atomic mass is 10.1. The van der Waals surface area contributed by atoms with Gasteiger partial charge in [-0.2, -0.15) is 0 Å². The molecule has 0 atom stereocenters. The highest BCUT2D eigenvalue weighted by atomic mass is 32.1. The van der Waals surface area contributed by atoms with Gasteiger partial charge < -0.3 is 0 Å². The predicted molar refractivity (Wildman–Crippen MR) is 63.8 cm³/mol. The monoisotopic (exact) mass is 222 g/mol. The molecular weight excluding hydrogens is 212 g/mol. The smallest absolute Gasteiger partial charge is 0.160 e. The molecule has 0 unspecified atom stereocenters. The van der Waals surface area contributed by atoms with Crippen LogP contribution in [0, 0.1) is 0 Å². The maximum atomic E-state index is 10.6. The Labute approximate surface area is 92.2 Å². The summed E-state index contributed by atoms with van der Waals surface area (Å²) in [5.41, 5.74) is 1.24. The molecule has 0 spiro atoms. The number of thiol groups is 1. The van der Waals surface area contributed by atoms with E-state index in [9.17, 15) is 4.79 Å². The van der Waals surface area contributed by atoms with E-state index in [-0.39, 0.29) is 0 Å². The zero-order valence-corrected chi connectivity index (χ0v) is 9.49. The first-order valence-corrected chi connectivity index (χ1v) is 5.71. The van der Waals surface area contributed by atoms with Crippen LogP contribution in [0.4, 0.5) is 0 Å². The van der Waals surface area contributed by atoms with Crippen molar-refractivity contribution in [2.75, 3.05) is 0 Å². The molecule has 1 aromatic carbocycles. The van der Waals surface area contributed by atoms with Crippen LogP contribution in [0.1, 0.15) is 22.2 Å². The van der Waals surface area contributed by atoms with Crippen LogP contribution >= 0.6 is 24.0 Å². The summed E-state index contributed by atoms with van der Waals surface area (Å²) in [5.74, 6) is 0. The first-order valence-electron chi connectivity index (χ1n) is 4.45. The number of thiophene rings is 1. The van der Waals surface area contributed by atoms with Crippen molar-refractivity contribution in [2.24, 2.45) is 0 Å². The van der Waals surface area contributed by atoms with Gasteiger partial charge in [0.15, 0.2) is 6.29 Å². The van der Waals surface area contributed by atoms with Gasteiger partial charge in [-0.1, -0.05) is 6.92 Å². The van der Waals surface area contributed by atoms with E-state index in [2.05, 4.69) is 25.6 Å². The average Bonchev–Trinajstić information content (AvgIpc) is 2.58. The zero-order chi connectivity index (χ0) is 10.1. The largest absolute Gasteiger partial charge is 0.297 e. The number of aryl methyl sites for hydroxylation is 1. The summed E-state index contributed by atoms with van der Waals surface area (Å²) < 4.78 is 1.17. The third kappa shape index (κ3) is 1.57. The standard InChI is InChI=1S/C11H10OS2/c1-2-7-5-11-8(4-10(7)13)3-9(6-12)14-11/h3-6,13H,2H2,1H3. The Hall–Kier alpha value is -0.800. The minimum atomic E-state index is 0.779. The number of carbonyl (C=O) groups is 1. The topological polar surface area (TPSA) is 17.1 Å². The highest BCUT2D eigenvalue weighted by Gasteiger charge is 2.04. The Morgan fingerprint density at radius 1 is 1.43 bits per heavy atom. The molecule has 1 aromatic heterocycles. The van der Waals surface area contributed by atoms with Crippen LogP contribution in [0.2, 0.25) is 0 Å². The fourth-order valence-corrected chi connectivity index (χ4v) is 2.77. The lowest BCUT2D eigenvalue weighted by Gasteiger charge is -2.00. The summed E-state index contributed by atoms with van der Waals surface area (Å²) >= 11 is 5.94. The van der Waals surface area contributed by atoms with E-state index in [4.69, 9.17) is 0 Å². The molecule has 2 aromatic rings. The summed E-state index contributed by atoms with van der Waals surface area (Å²) in [5, 5.41) is 1.11. The van der Waals surface area contributed by atoms with Gasteiger partial charge in [0.05, 0.1) is 4.88 Å². The molecule has 0 N–H and O–H groups in total. The van der Waals surface area contributed by atoms with Crippen LogP contribution in [-0.2, 0) is 6.42 Å². The molecule has 1 heterocycles. The van der Waals surface area contributed by atoms with Crippen LogP contribution in [0.5, 0.6) is 0 Å². The second-order valence-electron chi connectivity index (χ2n) is 3.14. The predicted octanol–water partition coefficient (Wildman–Crippen LogP) is 3.56. The lowest BCUT2D eigenvalue weighted by molar-refractivity contribution is 0.112. The van der Waals surface area contributed by atoms with Gasteiger partial charge in [-0.25, -0.2) is 0 Å². The number of carbonyl (C=O) groups excluding carboxylic acids is 1. The Balaban J connectivity index is 2.69. The number of fused-ring (bicyclic) bond motifs is 1. The van der Waals surface area contributed by atoms with E-state index in [0.717, 1.165) is 27.9 Å². The molecule has 2 rings (SSSR count). The van der Waals surface area contributed by atoms with Gasteiger partial charge in [-0.3, -0.25) is 4.79 Å². The third-order valence-electron chi connectivity index (χ3n) is 2.23. The fraction of sp³-hybridized carbons (Fsp3) is 0.182. The molecule has 0 bridgehead atoms. The molecule has 0 aliphatic carbocycles. The molecule has 1 nitrogen and oxygen atoms in total. The number of hydrogen-bond acceptors (Lipinski definition) is 3. The third-order valence-corrected chi connectivity index (χ3v) is 3.67. The zero-order valence-electron chi connectivity index (χ0n) is 7.78. The quantitative estimate of drug-likeness (QED) is 0.607. The maximum Gasteiger partial charge on any atom is 0.160 e. The minimum absolute atomic E-state index is 0.779. The normalized spacial score (nSPS) is 10.7. The molecule has 14 heavy (non-hydrogen) atoms. The number of hydrogen-bond donors (Lipinski definition) is 1. The minimum Gasteiger partial charge on any atom is -0.297 e. The first-order chi connectivity index (χ1) is 6.74. The Kier molecular flexibility index (Phi) is 2.61. The van der Waals surface area contributed by atoms with Gasteiger partial charge in [-0.15, -0.1) is 24.0 Å². The van der Waals surface area contributed by atoms with Crippen molar-refractivity contribution in [3.63, 3.8) is 0 Å². The second kappa shape index (κ2) is 3.75. The van der Waals surface area contributed by atoms with Gasteiger partial charge in [0, 0.05) is 9.60 Å². The van der Waals surface area contributed by atoms with Gasteiger partial charge in [0.25, 0.3) is 0 Å². The summed E-state index contributed by atoms with van der Waals surface area (Å²) in [4.78, 5) is 12.4. The Morgan fingerprint density at radius 3 is 2.86 bits per heavy atom. The van der Waals surface area contributed by atoms with Crippen LogP contribution in [-0.4, -0.2) is 6.29 Å². The number of aldehydes is 1. The lowest BCUT2D eigenvalue weighted by Crippen LogP contribution is -1.81. The van der Waals surface area contributed by atoms with E-state index in [0.29, 0.717) is 0 Å². The molecule has 0 amide bonds. The Morgan fingerprint density at radius 2 is 2.21 bits per heavy atom. The van der Waals surface area contributed by atoms with Crippen molar-refractivity contribution in [3.05, 3.63) is 28.6 Å². The van der Waals surface area contributed by atoms with Gasteiger partial charge >= 0.3 is 0 Å². The van der Waals surface area contributed by atoms with Crippen LogP contribution < -0.4 is 0 Å². The highest BCUT2D eigenvalue weighted by Crippen LogP contribution is 2.29. The van der Waals surface area contributed by atoms with E-state index < -0.39 is 0 Å². The van der Waals surface area contributed by atoms with Crippen LogP contribution in [0.25, 0.3) is 10.1 Å². The van der Waals surface area contributed by atoms with Crippen molar-refractivity contribution in [1.29, 1.82) is 0 Å². The van der Waals surface area contributed by atoms with E-state index in [1.807, 2.05) is 12.1 Å². The van der Waals surface area contributed by atoms with Crippen molar-refractivity contribution in [2.45, 2.75) is 18.2 Å². The molecule has 0 aliphatic heterocycles. The highest BCUT2D eigenvalue weighted by molar-refractivity contribution is 7.80. The number of rotatable bonds is 2. The van der Waals surface area contributed by atoms with E-state index in [1.54, 1.807) is 0 Å². The summed E-state index contributed by atoms with van der Waals surface area (Å²) in [7, 11) is 0. The molecular formula is C11H10OS2. The summed E-state index contributed by atoms with van der Waals surface area (Å²) in [6.45, 7) is 2.11. The Bertz CT molecular complexity index is 485. The molecule has 0 saturated carbocycles. The first kappa shape index (κ1) is 9.74. The molecule has 3 heteroatoms. The molecule has 0 radical (unpaired) electrons. The molecule has 72 valence electrons. The van der Waals surface area contributed by atoms with E-state index in [1.165, 1.54) is 21.6 Å². The van der Waals surface area contributed by atoms with Crippen molar-refractivity contribution < 1.29 is 4.79 Å². The van der Waals surface area contributed by atoms with Crippen molar-refractivity contribution in [3.8, 4) is 0 Å². The molecule has 0 saturated heterocycles. The number of benzene rings is 1. The molecule has 0 fully saturated rings. The summed E-state index contributed by atoms with van der Waals surface area (Å²) in [6.07, 6.45) is 1.87. The maximum absolute atomic E-state index is 10.6. The SMILES string of the molecule is CCc1cc2sc(C=O)cc2cc1S.